The summed E-state index contributed by atoms with van der Waals surface area (Å²) in [5, 5.41) is 45.1. The number of rotatable bonds is 8. The van der Waals surface area contributed by atoms with Gasteiger partial charge in [-0.15, -0.1) is 5.10 Å². The second-order valence-corrected chi connectivity index (χ2v) is 12.4. The lowest BCUT2D eigenvalue weighted by Crippen LogP contribution is -2.59. The van der Waals surface area contributed by atoms with Gasteiger partial charge in [0.1, 0.15) is 17.8 Å². The fourth-order valence-corrected chi connectivity index (χ4v) is 6.08. The summed E-state index contributed by atoms with van der Waals surface area (Å²) >= 11 is 0. The molecular weight excluding hydrogens is 567 g/mol. The van der Waals surface area contributed by atoms with E-state index in [1.54, 1.807) is 24.3 Å². The number of aromatic nitrogens is 4. The zero-order valence-corrected chi connectivity index (χ0v) is 24.3. The van der Waals surface area contributed by atoms with Crippen molar-refractivity contribution in [3.8, 4) is 18.2 Å². The van der Waals surface area contributed by atoms with Crippen molar-refractivity contribution in [2.75, 3.05) is 17.2 Å². The number of nitriles is 3. The van der Waals surface area contributed by atoms with Crippen molar-refractivity contribution >= 4 is 22.3 Å². The van der Waals surface area contributed by atoms with Crippen LogP contribution < -0.4 is 10.6 Å². The number of pyridine rings is 1. The Balaban J connectivity index is 1.46. The molecule has 0 saturated heterocycles. The molecule has 2 bridgehead atoms. The highest BCUT2D eigenvalue weighted by atomic mass is 19.4. The Bertz CT molecular complexity index is 1900. The first-order valence-electron chi connectivity index (χ1n) is 14.2. The summed E-state index contributed by atoms with van der Waals surface area (Å²) in [7, 11) is 0. The van der Waals surface area contributed by atoms with Crippen LogP contribution in [0.1, 0.15) is 72.7 Å². The van der Waals surface area contributed by atoms with Crippen LogP contribution in [-0.4, -0.2) is 32.7 Å². The molecule has 3 aliphatic carbocycles. The molecule has 44 heavy (non-hydrogen) atoms. The van der Waals surface area contributed by atoms with Gasteiger partial charge in [-0.3, -0.25) is 4.98 Å². The number of benzene rings is 2. The van der Waals surface area contributed by atoms with Gasteiger partial charge in [0.25, 0.3) is 0 Å². The van der Waals surface area contributed by atoms with E-state index in [4.69, 9.17) is 0 Å². The highest BCUT2D eigenvalue weighted by Gasteiger charge is 2.59. The summed E-state index contributed by atoms with van der Waals surface area (Å²) in [6.45, 7) is 3.50. The average molecular weight is 596 g/mol. The fraction of sp³-hybridized carbons (Fsp3) is 0.375. The maximum absolute atomic E-state index is 13.7. The van der Waals surface area contributed by atoms with E-state index in [1.807, 2.05) is 29.9 Å². The van der Waals surface area contributed by atoms with E-state index in [9.17, 15) is 29.0 Å². The van der Waals surface area contributed by atoms with E-state index in [1.165, 1.54) is 6.20 Å². The smallest absolute Gasteiger partial charge is 0.382 e. The Hall–Kier alpha value is -5.15. The van der Waals surface area contributed by atoms with E-state index in [2.05, 4.69) is 38.1 Å². The van der Waals surface area contributed by atoms with Crippen LogP contribution in [0.15, 0.2) is 42.7 Å². The predicted molar refractivity (Wildman–Crippen MR) is 156 cm³/mol. The van der Waals surface area contributed by atoms with Crippen molar-refractivity contribution in [3.05, 3.63) is 76.2 Å². The van der Waals surface area contributed by atoms with Gasteiger partial charge in [-0.25, -0.2) is 4.68 Å². The summed E-state index contributed by atoms with van der Waals surface area (Å²) in [6.07, 6.45) is 1.90. The van der Waals surface area contributed by atoms with Gasteiger partial charge in [0.15, 0.2) is 0 Å². The largest absolute Gasteiger partial charge is 0.395 e. The Labute approximate surface area is 251 Å². The molecule has 0 spiro atoms. The maximum atomic E-state index is 13.7. The number of alkyl halides is 3. The van der Waals surface area contributed by atoms with Crippen molar-refractivity contribution in [3.63, 3.8) is 0 Å². The average Bonchev–Trinajstić information content (AvgIpc) is 3.41. The number of hydrogen-bond acceptors (Lipinski definition) is 8. The Kier molecular flexibility index (Phi) is 6.74. The molecule has 0 aliphatic heterocycles. The Morgan fingerprint density at radius 3 is 2.36 bits per heavy atom. The lowest BCUT2D eigenvalue weighted by atomic mass is 9.50. The lowest BCUT2D eigenvalue weighted by Gasteiger charge is -2.61. The second-order valence-electron chi connectivity index (χ2n) is 12.4. The van der Waals surface area contributed by atoms with Gasteiger partial charge in [0.05, 0.1) is 57.2 Å². The van der Waals surface area contributed by atoms with Gasteiger partial charge in [0, 0.05) is 23.8 Å². The highest BCUT2D eigenvalue weighted by Crippen LogP contribution is 2.62. The minimum absolute atomic E-state index is 0.00503. The molecule has 2 aromatic carbocycles. The van der Waals surface area contributed by atoms with Crippen LogP contribution in [-0.2, 0) is 5.54 Å². The van der Waals surface area contributed by atoms with Crippen LogP contribution in [0.3, 0.4) is 0 Å². The Morgan fingerprint density at radius 2 is 1.75 bits per heavy atom. The minimum atomic E-state index is -4.49. The molecule has 0 unspecified atom stereocenters. The quantitative estimate of drug-likeness (QED) is 0.237. The van der Waals surface area contributed by atoms with E-state index in [0.29, 0.717) is 22.3 Å². The summed E-state index contributed by atoms with van der Waals surface area (Å²) in [4.78, 5) is 4.30. The first-order valence-corrected chi connectivity index (χ1v) is 14.2. The van der Waals surface area contributed by atoms with Crippen LogP contribution >= 0.6 is 0 Å². The number of halogens is 3. The molecule has 222 valence electrons. The summed E-state index contributed by atoms with van der Waals surface area (Å²) < 4.78 is 42.9. The maximum Gasteiger partial charge on any atom is 0.395 e. The molecule has 0 radical (unpaired) electrons. The number of hydrogen-bond donors (Lipinski definition) is 2. The molecule has 2 heterocycles. The SMILES string of the molecule is Cc1c(C#N)cccc1[C@H](Nc1cc(C#N)c2ncc(C#N)c(NCC(C)(C)C(F)(F)F)c2c1)c1cn(C23CC(C2)C3)nn1. The first kappa shape index (κ1) is 28.9. The van der Waals surface area contributed by atoms with Crippen molar-refractivity contribution in [1.29, 1.82) is 15.8 Å². The Morgan fingerprint density at radius 1 is 1.05 bits per heavy atom. The first-order chi connectivity index (χ1) is 20.9. The number of fused-ring (bicyclic) bond motifs is 1. The topological polar surface area (TPSA) is 139 Å². The van der Waals surface area contributed by atoms with Crippen molar-refractivity contribution in [2.24, 2.45) is 11.3 Å². The lowest BCUT2D eigenvalue weighted by molar-refractivity contribution is -0.206. The van der Waals surface area contributed by atoms with Gasteiger partial charge >= 0.3 is 6.18 Å². The third-order valence-corrected chi connectivity index (χ3v) is 9.10. The molecule has 7 rings (SSSR count). The normalized spacial score (nSPS) is 19.6. The fourth-order valence-electron chi connectivity index (χ4n) is 6.08. The minimum Gasteiger partial charge on any atom is -0.382 e. The van der Waals surface area contributed by atoms with Crippen LogP contribution in [0.25, 0.3) is 10.9 Å². The van der Waals surface area contributed by atoms with Crippen LogP contribution in [0, 0.1) is 52.2 Å². The standard InChI is InChI=1S/C32H28F3N9/c1-18-20(12-36)5-4-6-24(18)29(26-16-44(43-42-26)31-9-19(10-31)11-31)41-23-7-21(13-37)27-25(8-23)28(22(14-38)15-39-27)40-17-30(2,3)32(33,34)35/h4-8,15-16,19,29,41H,9-11,17H2,1-3H3,(H,39,40)/t19?,29-,31?/m0/s1. The molecule has 4 aromatic rings. The van der Waals surface area contributed by atoms with Crippen LogP contribution in [0.5, 0.6) is 0 Å². The number of anilines is 2. The summed E-state index contributed by atoms with van der Waals surface area (Å²) in [5.74, 6) is 0.740. The van der Waals surface area contributed by atoms with Crippen molar-refractivity contribution in [1.82, 2.24) is 20.0 Å². The third kappa shape index (κ3) is 4.66. The van der Waals surface area contributed by atoms with Gasteiger partial charge in [-0.05, 0) is 75.3 Å². The molecule has 9 nitrogen and oxygen atoms in total. The molecule has 3 fully saturated rings. The van der Waals surface area contributed by atoms with E-state index in [-0.39, 0.29) is 27.9 Å². The van der Waals surface area contributed by atoms with Crippen LogP contribution in [0.2, 0.25) is 0 Å². The van der Waals surface area contributed by atoms with Gasteiger partial charge in [-0.1, -0.05) is 17.3 Å². The van der Waals surface area contributed by atoms with Gasteiger partial charge in [0.2, 0.25) is 0 Å². The summed E-state index contributed by atoms with van der Waals surface area (Å²) in [6, 6.07) is 14.4. The molecule has 3 saturated carbocycles. The van der Waals surface area contributed by atoms with Crippen LogP contribution in [0.4, 0.5) is 24.5 Å². The molecule has 2 aromatic heterocycles. The zero-order valence-electron chi connectivity index (χ0n) is 24.3. The molecular formula is C32H28F3N9. The molecule has 1 atom stereocenters. The van der Waals surface area contributed by atoms with E-state index in [0.717, 1.165) is 50.2 Å². The van der Waals surface area contributed by atoms with E-state index >= 15 is 0 Å². The molecule has 2 N–H and O–H groups in total. The molecule has 3 aliphatic rings. The zero-order chi connectivity index (χ0) is 31.4. The number of nitrogens with zero attached hydrogens (tertiary/aromatic N) is 7. The monoisotopic (exact) mass is 595 g/mol. The van der Waals surface area contributed by atoms with Crippen molar-refractivity contribution < 1.29 is 13.2 Å². The van der Waals surface area contributed by atoms with Gasteiger partial charge in [-0.2, -0.15) is 29.0 Å². The van der Waals surface area contributed by atoms with Gasteiger partial charge < -0.3 is 10.6 Å². The molecule has 0 amide bonds. The highest BCUT2D eigenvalue weighted by molar-refractivity contribution is 5.99. The predicted octanol–water partition coefficient (Wildman–Crippen LogP) is 6.46. The third-order valence-electron chi connectivity index (χ3n) is 9.10. The number of nitrogens with one attached hydrogen (secondary N) is 2. The van der Waals surface area contributed by atoms with Crippen molar-refractivity contribution in [2.45, 2.75) is 57.8 Å². The molecule has 12 heteroatoms. The summed E-state index contributed by atoms with van der Waals surface area (Å²) in [5.41, 5.74) is 1.63. The van der Waals surface area contributed by atoms with E-state index < -0.39 is 24.2 Å². The second kappa shape index (κ2) is 10.2.